The Bertz CT molecular complexity index is 1060. The number of thioether (sulfide) groups is 1. The number of benzene rings is 2. The summed E-state index contributed by atoms with van der Waals surface area (Å²) in [6, 6.07) is 17.4. The molecular formula is C21H16F2N2O3S. The third kappa shape index (κ3) is 6.11. The molecule has 29 heavy (non-hydrogen) atoms. The van der Waals surface area contributed by atoms with Crippen LogP contribution in [0.25, 0.3) is 17.0 Å². The van der Waals surface area contributed by atoms with Gasteiger partial charge in [-0.25, -0.2) is 9.78 Å². The van der Waals surface area contributed by atoms with Gasteiger partial charge in [0, 0.05) is 16.4 Å². The first-order valence-electron chi connectivity index (χ1n) is 8.55. The Kier molecular flexibility index (Phi) is 6.91. The molecule has 0 aliphatic heterocycles. The molecular weight excluding hydrogens is 398 g/mol. The Morgan fingerprint density at radius 3 is 2.66 bits per heavy atom. The molecule has 0 fully saturated rings. The van der Waals surface area contributed by atoms with E-state index in [1.807, 2.05) is 30.3 Å². The maximum absolute atomic E-state index is 12.6. The van der Waals surface area contributed by atoms with Gasteiger partial charge in [0.25, 0.3) is 11.7 Å². The Balaban J connectivity index is 1.53. The van der Waals surface area contributed by atoms with Gasteiger partial charge in [-0.15, -0.1) is 0 Å². The summed E-state index contributed by atoms with van der Waals surface area (Å²) in [5, 5.41) is 3.44. The third-order valence-corrected chi connectivity index (χ3v) is 4.52. The van der Waals surface area contributed by atoms with Crippen LogP contribution in [0.15, 0.2) is 71.6 Å². The second-order valence-electron chi connectivity index (χ2n) is 5.79. The number of carbonyl (C=O) groups excluding carboxylic acids is 2. The summed E-state index contributed by atoms with van der Waals surface area (Å²) in [5.74, 6) is -3.96. The molecule has 1 amide bonds. The highest BCUT2D eigenvalue weighted by molar-refractivity contribution is 7.99. The molecule has 0 saturated heterocycles. The summed E-state index contributed by atoms with van der Waals surface area (Å²) in [4.78, 5) is 28.4. The fraction of sp³-hybridized carbons (Fsp3) is 0.0952. The van der Waals surface area contributed by atoms with Crippen molar-refractivity contribution in [2.45, 2.75) is 10.7 Å². The average Bonchev–Trinajstić information content (AvgIpc) is 2.71. The highest BCUT2D eigenvalue weighted by atomic mass is 32.2. The van der Waals surface area contributed by atoms with Crippen LogP contribution in [0.2, 0.25) is 0 Å². The molecule has 1 N–H and O–H groups in total. The Hall–Kier alpha value is -3.26. The van der Waals surface area contributed by atoms with Crippen LogP contribution in [0, 0.1) is 0 Å². The molecule has 2 aromatic carbocycles. The Labute approximate surface area is 169 Å². The summed E-state index contributed by atoms with van der Waals surface area (Å²) in [6.45, 7) is -0.540. The van der Waals surface area contributed by atoms with Crippen LogP contribution in [0.5, 0.6) is 0 Å². The first kappa shape index (κ1) is 20.5. The number of fused-ring (bicyclic) bond motifs is 1. The number of esters is 1. The second kappa shape index (κ2) is 9.79. The SMILES string of the molecule is O=C(COC(=O)/C=C\c1ccc2ccccc2n1)Nc1ccccc1SC(F)F. The Morgan fingerprint density at radius 2 is 1.83 bits per heavy atom. The molecule has 1 aromatic heterocycles. The fourth-order valence-corrected chi connectivity index (χ4v) is 3.06. The lowest BCUT2D eigenvalue weighted by molar-refractivity contribution is -0.142. The van der Waals surface area contributed by atoms with Crippen molar-refractivity contribution in [3.8, 4) is 0 Å². The molecule has 0 unspecified atom stereocenters. The van der Waals surface area contributed by atoms with Gasteiger partial charge < -0.3 is 10.1 Å². The van der Waals surface area contributed by atoms with Gasteiger partial charge in [-0.05, 0) is 30.3 Å². The smallest absolute Gasteiger partial charge is 0.331 e. The first-order valence-corrected chi connectivity index (χ1v) is 9.43. The van der Waals surface area contributed by atoms with E-state index in [0.29, 0.717) is 17.5 Å². The summed E-state index contributed by atoms with van der Waals surface area (Å²) < 4.78 is 30.0. The molecule has 3 rings (SSSR count). The number of amides is 1. The third-order valence-electron chi connectivity index (χ3n) is 3.73. The van der Waals surface area contributed by atoms with Crippen molar-refractivity contribution in [1.82, 2.24) is 4.98 Å². The number of rotatable bonds is 7. The number of pyridine rings is 1. The van der Waals surface area contributed by atoms with E-state index < -0.39 is 24.2 Å². The lowest BCUT2D eigenvalue weighted by Gasteiger charge is -2.10. The molecule has 0 atom stereocenters. The minimum Gasteiger partial charge on any atom is -0.452 e. The molecule has 0 spiro atoms. The van der Waals surface area contributed by atoms with Gasteiger partial charge in [-0.2, -0.15) is 8.78 Å². The van der Waals surface area contributed by atoms with Crippen LogP contribution in [-0.2, 0) is 14.3 Å². The number of halogens is 2. The molecule has 148 valence electrons. The minimum absolute atomic E-state index is 0.226. The van der Waals surface area contributed by atoms with Gasteiger partial charge >= 0.3 is 5.97 Å². The van der Waals surface area contributed by atoms with Crippen molar-refractivity contribution in [2.75, 3.05) is 11.9 Å². The van der Waals surface area contributed by atoms with E-state index in [1.165, 1.54) is 24.3 Å². The van der Waals surface area contributed by atoms with Crippen molar-refractivity contribution in [3.05, 3.63) is 72.4 Å². The van der Waals surface area contributed by atoms with Crippen LogP contribution in [-0.4, -0.2) is 29.2 Å². The van der Waals surface area contributed by atoms with Gasteiger partial charge in [-0.1, -0.05) is 48.2 Å². The molecule has 8 heteroatoms. The number of aromatic nitrogens is 1. The van der Waals surface area contributed by atoms with E-state index in [1.54, 1.807) is 18.2 Å². The fourth-order valence-electron chi connectivity index (χ4n) is 2.47. The van der Waals surface area contributed by atoms with Crippen LogP contribution < -0.4 is 5.32 Å². The Morgan fingerprint density at radius 1 is 1.07 bits per heavy atom. The number of para-hydroxylation sites is 2. The number of hydrogen-bond donors (Lipinski definition) is 1. The molecule has 0 saturated carbocycles. The van der Waals surface area contributed by atoms with E-state index in [2.05, 4.69) is 10.3 Å². The number of hydrogen-bond acceptors (Lipinski definition) is 5. The van der Waals surface area contributed by atoms with E-state index >= 15 is 0 Å². The monoisotopic (exact) mass is 414 g/mol. The molecule has 0 aliphatic rings. The van der Waals surface area contributed by atoms with Crippen LogP contribution in [0.4, 0.5) is 14.5 Å². The summed E-state index contributed by atoms with van der Waals surface area (Å²) >= 11 is 0.324. The largest absolute Gasteiger partial charge is 0.452 e. The predicted octanol–water partition coefficient (Wildman–Crippen LogP) is 4.74. The zero-order valence-corrected chi connectivity index (χ0v) is 15.9. The number of anilines is 1. The number of nitrogens with zero attached hydrogens (tertiary/aromatic N) is 1. The standard InChI is InChI=1S/C21H16F2N2O3S/c22-21(23)29-18-8-4-3-7-17(18)25-19(26)13-28-20(27)12-11-15-10-9-14-5-1-2-6-16(14)24-15/h1-12,21H,13H2,(H,25,26)/b12-11-. The highest BCUT2D eigenvalue weighted by Gasteiger charge is 2.12. The lowest BCUT2D eigenvalue weighted by atomic mass is 10.2. The summed E-state index contributed by atoms with van der Waals surface area (Å²) in [7, 11) is 0. The van der Waals surface area contributed by atoms with E-state index in [9.17, 15) is 18.4 Å². The molecule has 0 radical (unpaired) electrons. The minimum atomic E-state index is -2.61. The van der Waals surface area contributed by atoms with Crippen molar-refractivity contribution < 1.29 is 23.1 Å². The molecule has 1 heterocycles. The quantitative estimate of drug-likeness (QED) is 0.343. The number of ether oxygens (including phenoxy) is 1. The van der Waals surface area contributed by atoms with Crippen molar-refractivity contribution in [1.29, 1.82) is 0 Å². The van der Waals surface area contributed by atoms with E-state index in [0.717, 1.165) is 10.9 Å². The molecule has 3 aromatic rings. The number of alkyl halides is 2. The molecule has 5 nitrogen and oxygen atoms in total. The van der Waals surface area contributed by atoms with Crippen molar-refractivity contribution >= 4 is 46.3 Å². The average molecular weight is 414 g/mol. The van der Waals surface area contributed by atoms with Crippen LogP contribution in [0.3, 0.4) is 0 Å². The normalized spacial score (nSPS) is 11.1. The van der Waals surface area contributed by atoms with Crippen molar-refractivity contribution in [2.24, 2.45) is 0 Å². The number of nitrogens with one attached hydrogen (secondary N) is 1. The maximum atomic E-state index is 12.6. The summed E-state index contributed by atoms with van der Waals surface area (Å²) in [5.41, 5.74) is 1.60. The maximum Gasteiger partial charge on any atom is 0.331 e. The zero-order chi connectivity index (χ0) is 20.6. The highest BCUT2D eigenvalue weighted by Crippen LogP contribution is 2.31. The van der Waals surface area contributed by atoms with Gasteiger partial charge in [0.2, 0.25) is 0 Å². The second-order valence-corrected chi connectivity index (χ2v) is 6.82. The van der Waals surface area contributed by atoms with Gasteiger partial charge in [0.15, 0.2) is 6.61 Å². The number of carbonyl (C=O) groups is 2. The van der Waals surface area contributed by atoms with E-state index in [4.69, 9.17) is 4.74 Å². The van der Waals surface area contributed by atoms with Crippen molar-refractivity contribution in [3.63, 3.8) is 0 Å². The van der Waals surface area contributed by atoms with Crippen LogP contribution in [0.1, 0.15) is 5.69 Å². The predicted molar refractivity (Wildman–Crippen MR) is 109 cm³/mol. The lowest BCUT2D eigenvalue weighted by Crippen LogP contribution is -2.20. The molecule has 0 bridgehead atoms. The first-order chi connectivity index (χ1) is 14.0. The van der Waals surface area contributed by atoms with Gasteiger partial charge in [0.05, 0.1) is 16.9 Å². The summed E-state index contributed by atoms with van der Waals surface area (Å²) in [6.07, 6.45) is 2.66. The van der Waals surface area contributed by atoms with Crippen LogP contribution >= 0.6 is 11.8 Å². The van der Waals surface area contributed by atoms with Gasteiger partial charge in [0.1, 0.15) is 0 Å². The van der Waals surface area contributed by atoms with E-state index in [-0.39, 0.29) is 10.6 Å². The van der Waals surface area contributed by atoms with Gasteiger partial charge in [-0.3, -0.25) is 4.79 Å². The zero-order valence-electron chi connectivity index (χ0n) is 15.0. The molecule has 0 aliphatic carbocycles. The topological polar surface area (TPSA) is 68.3 Å².